The number of allylic oxidation sites excluding steroid dienone is 1. The predicted octanol–water partition coefficient (Wildman–Crippen LogP) is 6.84. The summed E-state index contributed by atoms with van der Waals surface area (Å²) in [4.78, 5) is 33.5. The van der Waals surface area contributed by atoms with Crippen LogP contribution in [0.4, 0.5) is 16.2 Å². The number of anilines is 2. The number of hydrogen-bond donors (Lipinski definition) is 1. The maximum atomic E-state index is 14.4. The normalized spacial score (nSPS) is 20.1. The van der Waals surface area contributed by atoms with E-state index in [0.717, 1.165) is 54.1 Å². The van der Waals surface area contributed by atoms with E-state index in [1.807, 2.05) is 68.1 Å². The van der Waals surface area contributed by atoms with E-state index in [4.69, 9.17) is 4.74 Å². The van der Waals surface area contributed by atoms with Crippen molar-refractivity contribution in [2.24, 2.45) is 5.92 Å². The van der Waals surface area contributed by atoms with E-state index < -0.39 is 5.60 Å². The van der Waals surface area contributed by atoms with Gasteiger partial charge < -0.3 is 24.8 Å². The van der Waals surface area contributed by atoms with Gasteiger partial charge in [-0.1, -0.05) is 49.8 Å². The van der Waals surface area contributed by atoms with Crippen molar-refractivity contribution in [3.05, 3.63) is 71.9 Å². The van der Waals surface area contributed by atoms with E-state index in [9.17, 15) is 9.59 Å². The van der Waals surface area contributed by atoms with Crippen LogP contribution in [0.15, 0.2) is 60.8 Å². The Hall–Kier alpha value is -3.48. The van der Waals surface area contributed by atoms with Crippen molar-refractivity contribution in [3.8, 4) is 0 Å². The van der Waals surface area contributed by atoms with Crippen molar-refractivity contribution >= 4 is 23.4 Å². The second kappa shape index (κ2) is 11.9. The van der Waals surface area contributed by atoms with Crippen LogP contribution < -0.4 is 10.2 Å². The molecule has 1 saturated carbocycles. The summed E-state index contributed by atoms with van der Waals surface area (Å²) < 4.78 is 5.68. The van der Waals surface area contributed by atoms with E-state index in [1.54, 1.807) is 4.90 Å². The molecule has 3 fully saturated rings. The minimum Gasteiger partial charge on any atom is -0.444 e. The van der Waals surface area contributed by atoms with Crippen LogP contribution in [0.1, 0.15) is 81.3 Å². The maximum Gasteiger partial charge on any atom is 0.410 e. The third kappa shape index (κ3) is 6.80. The van der Waals surface area contributed by atoms with Gasteiger partial charge in [0.1, 0.15) is 5.60 Å². The van der Waals surface area contributed by atoms with Gasteiger partial charge >= 0.3 is 6.09 Å². The molecule has 5 rings (SSSR count). The molecule has 2 aliphatic heterocycles. The van der Waals surface area contributed by atoms with Crippen molar-refractivity contribution in [3.63, 3.8) is 0 Å². The number of rotatable bonds is 6. The Labute approximate surface area is 239 Å². The Balaban J connectivity index is 1.45. The second-order valence-corrected chi connectivity index (χ2v) is 12.4. The Kier molecular flexibility index (Phi) is 8.38. The number of nitrogens with one attached hydrogen (secondary N) is 1. The lowest BCUT2D eigenvalue weighted by Gasteiger charge is -2.42. The highest BCUT2D eigenvalue weighted by Crippen LogP contribution is 2.37. The number of ether oxygens (including phenoxy) is 1. The average Bonchev–Trinajstić information content (AvgIpc) is 3.80. The molecular formula is C33H44N4O3. The molecule has 2 aromatic rings. The summed E-state index contributed by atoms with van der Waals surface area (Å²) in [7, 11) is 0. The molecule has 0 spiro atoms. The third-order valence-electron chi connectivity index (χ3n) is 8.03. The van der Waals surface area contributed by atoms with Gasteiger partial charge in [-0.3, -0.25) is 4.79 Å². The Morgan fingerprint density at radius 1 is 0.925 bits per heavy atom. The molecule has 2 aromatic carbocycles. The number of benzene rings is 2. The smallest absolute Gasteiger partial charge is 0.410 e. The van der Waals surface area contributed by atoms with Crippen molar-refractivity contribution in [2.75, 3.05) is 42.9 Å². The minimum atomic E-state index is -0.574. The van der Waals surface area contributed by atoms with E-state index >= 15 is 0 Å². The summed E-state index contributed by atoms with van der Waals surface area (Å²) in [5.41, 5.74) is 4.19. The summed E-state index contributed by atoms with van der Waals surface area (Å²) in [6.07, 6.45) is 6.74. The fraction of sp³-hybridized carbons (Fsp3) is 0.515. The zero-order valence-electron chi connectivity index (χ0n) is 24.3. The van der Waals surface area contributed by atoms with Gasteiger partial charge in [0.2, 0.25) is 0 Å². The first-order chi connectivity index (χ1) is 19.2. The average molecular weight is 545 g/mol. The number of amides is 2. The monoisotopic (exact) mass is 544 g/mol. The summed E-state index contributed by atoms with van der Waals surface area (Å²) in [5.74, 6) is 0.556. The second-order valence-electron chi connectivity index (χ2n) is 12.4. The van der Waals surface area contributed by atoms with Gasteiger partial charge in [-0.25, -0.2) is 4.79 Å². The Morgan fingerprint density at radius 2 is 1.62 bits per heavy atom. The van der Waals surface area contributed by atoms with Crippen molar-refractivity contribution < 1.29 is 14.3 Å². The molecule has 2 amide bonds. The van der Waals surface area contributed by atoms with Crippen molar-refractivity contribution in [1.82, 2.24) is 9.80 Å². The highest BCUT2D eigenvalue weighted by Gasteiger charge is 2.37. The molecule has 40 heavy (non-hydrogen) atoms. The maximum absolute atomic E-state index is 14.4. The van der Waals surface area contributed by atoms with Gasteiger partial charge in [0, 0.05) is 44.1 Å². The van der Waals surface area contributed by atoms with Crippen LogP contribution in [0.25, 0.3) is 0 Å². The highest BCUT2D eigenvalue weighted by atomic mass is 16.6. The molecule has 1 aliphatic carbocycles. The van der Waals surface area contributed by atoms with Crippen LogP contribution in [-0.2, 0) is 4.74 Å². The van der Waals surface area contributed by atoms with Gasteiger partial charge in [-0.05, 0) is 76.1 Å². The Morgan fingerprint density at radius 3 is 2.27 bits per heavy atom. The highest BCUT2D eigenvalue weighted by molar-refractivity contribution is 6.01. The fourth-order valence-corrected chi connectivity index (χ4v) is 5.72. The fourth-order valence-electron chi connectivity index (χ4n) is 5.72. The van der Waals surface area contributed by atoms with Crippen LogP contribution in [-0.4, -0.2) is 60.1 Å². The summed E-state index contributed by atoms with van der Waals surface area (Å²) in [6.45, 7) is 13.0. The summed E-state index contributed by atoms with van der Waals surface area (Å²) in [5, 5.41) is 3.51. The molecule has 1 N–H and O–H groups in total. The van der Waals surface area contributed by atoms with E-state index in [-0.39, 0.29) is 18.0 Å². The molecule has 1 atom stereocenters. The molecule has 0 aromatic heterocycles. The number of piperazine rings is 1. The number of carbonyl (C=O) groups is 2. The minimum absolute atomic E-state index is 0.00417. The topological polar surface area (TPSA) is 65.1 Å². The summed E-state index contributed by atoms with van der Waals surface area (Å²) in [6, 6.07) is 15.9. The standard InChI is InChI=1S/C33H44N4O3/c1-24(25-14-15-25)34-27-16-17-28(29(22-27)35-18-10-5-6-11-19-35)31(38)37-21-20-36(32(39)40-33(2,3)4)23-30(37)26-12-8-7-9-13-26/h7-9,12-13,16-17,22,25,30,34H,1,5-6,10-11,14-15,18-21,23H2,2-4H3. The van der Waals surface area contributed by atoms with Gasteiger partial charge in [-0.15, -0.1) is 0 Å². The quantitative estimate of drug-likeness (QED) is 0.432. The molecule has 0 bridgehead atoms. The van der Waals surface area contributed by atoms with Crippen LogP contribution in [0.3, 0.4) is 0 Å². The Bertz CT molecular complexity index is 1210. The van der Waals surface area contributed by atoms with E-state index in [0.29, 0.717) is 25.6 Å². The molecule has 7 nitrogen and oxygen atoms in total. The van der Waals surface area contributed by atoms with E-state index in [1.165, 1.54) is 25.7 Å². The van der Waals surface area contributed by atoms with Crippen LogP contribution in [0, 0.1) is 5.92 Å². The van der Waals surface area contributed by atoms with Crippen molar-refractivity contribution in [1.29, 1.82) is 0 Å². The van der Waals surface area contributed by atoms with Crippen LogP contribution >= 0.6 is 0 Å². The van der Waals surface area contributed by atoms with Crippen molar-refractivity contribution in [2.45, 2.75) is 70.9 Å². The van der Waals surface area contributed by atoms with Gasteiger partial charge in [0.15, 0.2) is 0 Å². The lowest BCUT2D eigenvalue weighted by Crippen LogP contribution is -2.53. The van der Waals surface area contributed by atoms with Gasteiger partial charge in [-0.2, -0.15) is 0 Å². The van der Waals surface area contributed by atoms with Gasteiger partial charge in [0.25, 0.3) is 5.91 Å². The molecule has 0 radical (unpaired) electrons. The summed E-state index contributed by atoms with van der Waals surface area (Å²) >= 11 is 0. The number of nitrogens with zero attached hydrogens (tertiary/aromatic N) is 3. The molecular weight excluding hydrogens is 500 g/mol. The number of hydrogen-bond acceptors (Lipinski definition) is 5. The van der Waals surface area contributed by atoms with Gasteiger partial charge in [0.05, 0.1) is 17.3 Å². The molecule has 7 heteroatoms. The van der Waals surface area contributed by atoms with Crippen LogP contribution in [0.5, 0.6) is 0 Å². The SMILES string of the molecule is C=C(Nc1ccc(C(=O)N2CCN(C(=O)OC(C)(C)C)CC2c2ccccc2)c(N2CCCCCC2)c1)C1CC1. The molecule has 2 heterocycles. The zero-order chi connectivity index (χ0) is 28.3. The largest absolute Gasteiger partial charge is 0.444 e. The lowest BCUT2D eigenvalue weighted by atomic mass is 10.00. The predicted molar refractivity (Wildman–Crippen MR) is 161 cm³/mol. The molecule has 1 unspecified atom stereocenters. The first kappa shape index (κ1) is 28.1. The molecule has 214 valence electrons. The molecule has 2 saturated heterocycles. The van der Waals surface area contributed by atoms with E-state index in [2.05, 4.69) is 22.9 Å². The molecule has 3 aliphatic rings. The van der Waals surface area contributed by atoms with Crippen LogP contribution in [0.2, 0.25) is 0 Å². The number of carbonyl (C=O) groups excluding carboxylic acids is 2. The lowest BCUT2D eigenvalue weighted by molar-refractivity contribution is 0.00409. The zero-order valence-corrected chi connectivity index (χ0v) is 24.3. The third-order valence-corrected chi connectivity index (χ3v) is 8.03. The first-order valence-electron chi connectivity index (χ1n) is 14.9. The first-order valence-corrected chi connectivity index (χ1v) is 14.9.